The number of fused-ring (bicyclic) bond motifs is 3. The molecule has 0 unspecified atom stereocenters. The van der Waals surface area contributed by atoms with Gasteiger partial charge in [-0.05, 0) is 62.1 Å². The average molecular weight is 613 g/mol. The van der Waals surface area contributed by atoms with E-state index in [9.17, 15) is 0 Å². The van der Waals surface area contributed by atoms with Crippen LogP contribution >= 0.6 is 0 Å². The Hall–Kier alpha value is -5.36. The first-order chi connectivity index (χ1) is 22.7. The highest BCUT2D eigenvalue weighted by Gasteiger charge is 2.19. The molecule has 0 bridgehead atoms. The molecular formula is C40H40N2O4. The summed E-state index contributed by atoms with van der Waals surface area (Å²) in [4.78, 5) is 10.4. The first kappa shape index (κ1) is 32.0. The minimum atomic E-state index is 0.500. The Morgan fingerprint density at radius 1 is 0.435 bits per heavy atom. The fourth-order valence-corrected chi connectivity index (χ4v) is 5.06. The van der Waals surface area contributed by atoms with Crippen LogP contribution in [0.3, 0.4) is 0 Å². The van der Waals surface area contributed by atoms with Crippen molar-refractivity contribution in [1.29, 1.82) is 0 Å². The van der Waals surface area contributed by atoms with Crippen LogP contribution in [-0.2, 0) is 0 Å². The topological polar surface area (TPSA) is 62.7 Å². The van der Waals surface area contributed by atoms with Crippen LogP contribution in [0.5, 0.6) is 23.0 Å². The molecule has 2 heterocycles. The lowest BCUT2D eigenvalue weighted by Crippen LogP contribution is -2.03. The molecule has 5 aromatic rings. The summed E-state index contributed by atoms with van der Waals surface area (Å²) in [5, 5.41) is 1.94. The molecule has 0 saturated carbocycles. The molecule has 0 N–H and O–H groups in total. The monoisotopic (exact) mass is 612 g/mol. The van der Waals surface area contributed by atoms with Crippen molar-refractivity contribution in [1.82, 2.24) is 9.97 Å². The largest absolute Gasteiger partial charge is 0.492 e. The molecule has 5 rings (SSSR count). The number of hydrogen-bond acceptors (Lipinski definition) is 6. The number of rotatable bonds is 18. The third-order valence-electron chi connectivity index (χ3n) is 7.33. The van der Waals surface area contributed by atoms with Crippen molar-refractivity contribution in [3.05, 3.63) is 123 Å². The smallest absolute Gasteiger partial charge is 0.132 e. The predicted molar refractivity (Wildman–Crippen MR) is 189 cm³/mol. The van der Waals surface area contributed by atoms with E-state index in [0.717, 1.165) is 70.0 Å². The predicted octanol–water partition coefficient (Wildman–Crippen LogP) is 9.94. The van der Waals surface area contributed by atoms with Crippen molar-refractivity contribution < 1.29 is 18.9 Å². The van der Waals surface area contributed by atoms with E-state index in [1.807, 2.05) is 72.8 Å². The fraction of sp³-hybridized carbons (Fsp3) is 0.200. The molecule has 0 radical (unpaired) electrons. The summed E-state index contributed by atoms with van der Waals surface area (Å²) >= 11 is 0. The number of ether oxygens (including phenoxy) is 4. The average Bonchev–Trinajstić information content (AvgIpc) is 3.08. The van der Waals surface area contributed by atoms with Gasteiger partial charge in [0, 0.05) is 10.8 Å². The standard InChI is InChI=1S/C40H40N2O4/c1-5-9-25-43-33-15-13-16-34(44-26-10-6-2)37(33)31-23-21-29-19-20-30-22-24-32(42-40(30)39(29)41-31)38-35(45-27-11-7-3)17-14-18-36(38)46-28-12-8-4/h5-8,13-24H,1-4,9-12,25-28H2. The van der Waals surface area contributed by atoms with Crippen molar-refractivity contribution in [3.8, 4) is 45.5 Å². The molecule has 6 heteroatoms. The van der Waals surface area contributed by atoms with Crippen molar-refractivity contribution in [2.45, 2.75) is 25.7 Å². The molecule has 0 aliphatic heterocycles. The van der Waals surface area contributed by atoms with Gasteiger partial charge in [-0.25, -0.2) is 9.97 Å². The Balaban J connectivity index is 1.66. The summed E-state index contributed by atoms with van der Waals surface area (Å²) in [6, 6.07) is 23.9. The van der Waals surface area contributed by atoms with Gasteiger partial charge < -0.3 is 18.9 Å². The third-order valence-corrected chi connectivity index (χ3v) is 7.33. The van der Waals surface area contributed by atoms with E-state index in [1.54, 1.807) is 0 Å². The summed E-state index contributed by atoms with van der Waals surface area (Å²) in [5.41, 5.74) is 4.60. The summed E-state index contributed by atoms with van der Waals surface area (Å²) in [6.45, 7) is 17.3. The first-order valence-electron chi connectivity index (χ1n) is 15.6. The Kier molecular flexibility index (Phi) is 11.2. The lowest BCUT2D eigenvalue weighted by Gasteiger charge is -2.17. The second-order valence-corrected chi connectivity index (χ2v) is 10.6. The van der Waals surface area contributed by atoms with Crippen molar-refractivity contribution in [2.75, 3.05) is 26.4 Å². The number of hydrogen-bond donors (Lipinski definition) is 0. The van der Waals surface area contributed by atoms with E-state index in [2.05, 4.69) is 50.6 Å². The maximum atomic E-state index is 6.20. The van der Waals surface area contributed by atoms with Crippen LogP contribution in [0.25, 0.3) is 44.3 Å². The highest BCUT2D eigenvalue weighted by Crippen LogP contribution is 2.41. The van der Waals surface area contributed by atoms with Gasteiger partial charge in [0.05, 0.1) is 60.0 Å². The highest BCUT2D eigenvalue weighted by atomic mass is 16.5. The van der Waals surface area contributed by atoms with E-state index in [0.29, 0.717) is 49.4 Å². The van der Waals surface area contributed by atoms with E-state index in [4.69, 9.17) is 28.9 Å². The van der Waals surface area contributed by atoms with Gasteiger partial charge in [-0.1, -0.05) is 60.7 Å². The zero-order chi connectivity index (χ0) is 32.1. The quantitative estimate of drug-likeness (QED) is 0.0558. The first-order valence-corrected chi connectivity index (χ1v) is 15.6. The Bertz CT molecular complexity index is 1650. The molecule has 6 nitrogen and oxygen atoms in total. The summed E-state index contributed by atoms with van der Waals surface area (Å²) in [7, 11) is 0. The van der Waals surface area contributed by atoms with Gasteiger partial charge in [0.25, 0.3) is 0 Å². The SMILES string of the molecule is C=CCCOc1cccc(OCCC=C)c1-c1ccc2ccc3ccc(-c4c(OCCC=C)cccc4OCCC=C)nc3c2n1. The summed E-state index contributed by atoms with van der Waals surface area (Å²) < 4.78 is 24.8. The minimum absolute atomic E-state index is 0.500. The Labute approximate surface area is 271 Å². The normalized spacial score (nSPS) is 10.8. The molecule has 2 aromatic heterocycles. The van der Waals surface area contributed by atoms with E-state index < -0.39 is 0 Å². The summed E-state index contributed by atoms with van der Waals surface area (Å²) in [6.07, 6.45) is 10.3. The maximum Gasteiger partial charge on any atom is 0.132 e. The lowest BCUT2D eigenvalue weighted by molar-refractivity contribution is 0.311. The number of nitrogens with zero attached hydrogens (tertiary/aromatic N) is 2. The molecule has 46 heavy (non-hydrogen) atoms. The van der Waals surface area contributed by atoms with Gasteiger partial charge in [-0.3, -0.25) is 0 Å². The van der Waals surface area contributed by atoms with Gasteiger partial charge in [0.15, 0.2) is 0 Å². The van der Waals surface area contributed by atoms with Gasteiger partial charge in [-0.2, -0.15) is 0 Å². The molecule has 0 fully saturated rings. The van der Waals surface area contributed by atoms with Crippen LogP contribution in [0, 0.1) is 0 Å². The molecule has 0 saturated heterocycles. The van der Waals surface area contributed by atoms with E-state index in [-0.39, 0.29) is 0 Å². The minimum Gasteiger partial charge on any atom is -0.492 e. The van der Waals surface area contributed by atoms with Crippen LogP contribution in [0.15, 0.2) is 123 Å². The number of benzene rings is 3. The van der Waals surface area contributed by atoms with Gasteiger partial charge in [-0.15, -0.1) is 26.3 Å². The van der Waals surface area contributed by atoms with Crippen molar-refractivity contribution in [3.63, 3.8) is 0 Å². The molecular weight excluding hydrogens is 572 g/mol. The third kappa shape index (κ3) is 7.46. The lowest BCUT2D eigenvalue weighted by atomic mass is 10.0. The highest BCUT2D eigenvalue weighted by molar-refractivity contribution is 6.04. The number of aromatic nitrogens is 2. The van der Waals surface area contributed by atoms with Gasteiger partial charge >= 0.3 is 0 Å². The molecule has 0 amide bonds. The second kappa shape index (κ2) is 16.1. The maximum absolute atomic E-state index is 6.20. The zero-order valence-corrected chi connectivity index (χ0v) is 26.3. The molecule has 0 spiro atoms. The Morgan fingerprint density at radius 2 is 0.739 bits per heavy atom. The number of pyridine rings is 2. The Morgan fingerprint density at radius 3 is 1.04 bits per heavy atom. The van der Waals surface area contributed by atoms with E-state index >= 15 is 0 Å². The molecule has 0 atom stereocenters. The molecule has 3 aromatic carbocycles. The van der Waals surface area contributed by atoms with Crippen LogP contribution in [0.4, 0.5) is 0 Å². The fourth-order valence-electron chi connectivity index (χ4n) is 5.06. The van der Waals surface area contributed by atoms with Crippen molar-refractivity contribution in [2.24, 2.45) is 0 Å². The second-order valence-electron chi connectivity index (χ2n) is 10.6. The van der Waals surface area contributed by atoms with Crippen LogP contribution in [0.1, 0.15) is 25.7 Å². The van der Waals surface area contributed by atoms with Crippen LogP contribution in [0.2, 0.25) is 0 Å². The molecule has 0 aliphatic carbocycles. The van der Waals surface area contributed by atoms with Crippen molar-refractivity contribution >= 4 is 21.8 Å². The summed E-state index contributed by atoms with van der Waals surface area (Å²) in [5.74, 6) is 2.80. The van der Waals surface area contributed by atoms with Crippen LogP contribution < -0.4 is 18.9 Å². The van der Waals surface area contributed by atoms with Crippen LogP contribution in [-0.4, -0.2) is 36.4 Å². The van der Waals surface area contributed by atoms with Gasteiger partial charge in [0.2, 0.25) is 0 Å². The van der Waals surface area contributed by atoms with Gasteiger partial charge in [0.1, 0.15) is 23.0 Å². The molecule has 0 aliphatic rings. The molecule has 234 valence electrons. The van der Waals surface area contributed by atoms with E-state index in [1.165, 1.54) is 0 Å². The zero-order valence-electron chi connectivity index (χ0n) is 26.3.